The van der Waals surface area contributed by atoms with E-state index in [0.717, 1.165) is 13.2 Å². The Labute approximate surface area is 107 Å². The summed E-state index contributed by atoms with van der Waals surface area (Å²) in [4.78, 5) is 14.8. The number of esters is 1. The van der Waals surface area contributed by atoms with E-state index in [4.69, 9.17) is 0 Å². The number of hydrogen-bond acceptors (Lipinski definition) is 4. The van der Waals surface area contributed by atoms with E-state index in [0.29, 0.717) is 0 Å². The highest BCUT2D eigenvalue weighted by Gasteiger charge is 2.28. The summed E-state index contributed by atoms with van der Waals surface area (Å²) in [5.41, 5.74) is -0.824. The molecule has 0 radical (unpaired) electrons. The van der Waals surface area contributed by atoms with Crippen molar-refractivity contribution in [2.24, 2.45) is 0 Å². The second kappa shape index (κ2) is 5.51. The molecular formula is C9H7BrF4N2O2. The van der Waals surface area contributed by atoms with Gasteiger partial charge in [-0.3, -0.25) is 0 Å². The lowest BCUT2D eigenvalue weighted by atomic mass is 10.3. The van der Waals surface area contributed by atoms with Crippen LogP contribution in [0.25, 0.3) is 0 Å². The second-order valence-corrected chi connectivity index (χ2v) is 3.87. The highest BCUT2D eigenvalue weighted by molar-refractivity contribution is 9.10. The number of rotatable bonds is 3. The zero-order valence-electron chi connectivity index (χ0n) is 8.94. The molecule has 1 heterocycles. The molecule has 0 atom stereocenters. The molecule has 0 unspecified atom stereocenters. The van der Waals surface area contributed by atoms with Crippen LogP contribution >= 0.6 is 15.9 Å². The van der Waals surface area contributed by atoms with Crippen LogP contribution in [0.1, 0.15) is 10.5 Å². The topological polar surface area (TPSA) is 51.2 Å². The molecule has 1 N–H and O–H groups in total. The number of carbonyl (C=O) groups is 1. The zero-order valence-corrected chi connectivity index (χ0v) is 10.5. The molecule has 18 heavy (non-hydrogen) atoms. The Kier molecular flexibility index (Phi) is 4.49. The number of ether oxygens (including phenoxy) is 1. The minimum Gasteiger partial charge on any atom is -0.464 e. The average Bonchev–Trinajstić information content (AvgIpc) is 2.28. The van der Waals surface area contributed by atoms with Crippen molar-refractivity contribution in [1.82, 2.24) is 4.98 Å². The number of hydrogen-bond donors (Lipinski definition) is 1. The van der Waals surface area contributed by atoms with Crippen molar-refractivity contribution in [3.63, 3.8) is 0 Å². The maximum absolute atomic E-state index is 13.2. The summed E-state index contributed by atoms with van der Waals surface area (Å²) in [7, 11) is 1.04. The molecule has 0 saturated carbocycles. The molecule has 1 rings (SSSR count). The third-order valence-electron chi connectivity index (χ3n) is 1.79. The van der Waals surface area contributed by atoms with E-state index in [-0.39, 0.29) is 10.3 Å². The first-order valence-electron chi connectivity index (χ1n) is 4.49. The van der Waals surface area contributed by atoms with Gasteiger partial charge in [-0.05, 0) is 15.9 Å². The Morgan fingerprint density at radius 2 is 2.17 bits per heavy atom. The van der Waals surface area contributed by atoms with Gasteiger partial charge in [0.1, 0.15) is 11.1 Å². The van der Waals surface area contributed by atoms with Gasteiger partial charge in [0.25, 0.3) is 0 Å². The number of anilines is 1. The Hall–Kier alpha value is -1.38. The SMILES string of the molecule is COC(=O)c1nc(Br)c(F)cc1NCC(F)(F)F. The summed E-state index contributed by atoms with van der Waals surface area (Å²) in [6.45, 7) is -1.42. The molecule has 0 bridgehead atoms. The molecule has 0 aliphatic carbocycles. The van der Waals surface area contributed by atoms with Crippen LogP contribution in [-0.4, -0.2) is 30.8 Å². The molecule has 100 valence electrons. The van der Waals surface area contributed by atoms with Gasteiger partial charge in [-0.2, -0.15) is 13.2 Å². The lowest BCUT2D eigenvalue weighted by Gasteiger charge is -2.12. The fraction of sp³-hybridized carbons (Fsp3) is 0.333. The molecule has 4 nitrogen and oxygen atoms in total. The van der Waals surface area contributed by atoms with Gasteiger partial charge in [-0.25, -0.2) is 14.2 Å². The van der Waals surface area contributed by atoms with E-state index in [1.54, 1.807) is 0 Å². The highest BCUT2D eigenvalue weighted by atomic mass is 79.9. The number of nitrogens with zero attached hydrogens (tertiary/aromatic N) is 1. The average molecular weight is 331 g/mol. The van der Waals surface area contributed by atoms with E-state index in [9.17, 15) is 22.4 Å². The molecule has 0 aliphatic rings. The summed E-state index contributed by atoms with van der Waals surface area (Å²) in [6, 6.07) is 0.731. The molecule has 1 aromatic rings. The number of nitrogens with one attached hydrogen (secondary N) is 1. The zero-order chi connectivity index (χ0) is 13.9. The Morgan fingerprint density at radius 3 is 2.67 bits per heavy atom. The van der Waals surface area contributed by atoms with Gasteiger partial charge in [0.15, 0.2) is 11.5 Å². The summed E-state index contributed by atoms with van der Waals surface area (Å²) < 4.78 is 53.3. The number of alkyl halides is 3. The van der Waals surface area contributed by atoms with E-state index in [1.165, 1.54) is 0 Å². The van der Waals surface area contributed by atoms with E-state index >= 15 is 0 Å². The highest BCUT2D eigenvalue weighted by Crippen LogP contribution is 2.23. The minimum absolute atomic E-state index is 0.291. The van der Waals surface area contributed by atoms with Crippen LogP contribution in [-0.2, 0) is 4.74 Å². The lowest BCUT2D eigenvalue weighted by molar-refractivity contribution is -0.115. The third kappa shape index (κ3) is 3.83. The van der Waals surface area contributed by atoms with Gasteiger partial charge >= 0.3 is 12.1 Å². The standard InChI is InChI=1S/C9H7BrF4N2O2/c1-18-8(17)6-5(15-3-9(12,13)14)2-4(11)7(10)16-6/h2,15H,3H2,1H3. The molecule has 0 spiro atoms. The fourth-order valence-electron chi connectivity index (χ4n) is 1.05. The van der Waals surface area contributed by atoms with Crippen LogP contribution in [0.5, 0.6) is 0 Å². The smallest absolute Gasteiger partial charge is 0.405 e. The first-order valence-corrected chi connectivity index (χ1v) is 5.29. The molecule has 0 saturated heterocycles. The Bertz CT molecular complexity index is 465. The van der Waals surface area contributed by atoms with E-state index in [1.807, 2.05) is 5.32 Å². The first kappa shape index (κ1) is 14.7. The fourth-order valence-corrected chi connectivity index (χ4v) is 1.34. The van der Waals surface area contributed by atoms with Crippen molar-refractivity contribution in [3.8, 4) is 0 Å². The number of methoxy groups -OCH3 is 1. The van der Waals surface area contributed by atoms with Gasteiger partial charge in [0.2, 0.25) is 0 Å². The van der Waals surface area contributed by atoms with Gasteiger partial charge in [0, 0.05) is 6.07 Å². The summed E-state index contributed by atoms with van der Waals surface area (Å²) in [5, 5.41) is 1.89. The Balaban J connectivity index is 3.08. The monoisotopic (exact) mass is 330 g/mol. The van der Waals surface area contributed by atoms with Gasteiger partial charge < -0.3 is 10.1 Å². The van der Waals surface area contributed by atoms with Gasteiger partial charge in [-0.1, -0.05) is 0 Å². The van der Waals surface area contributed by atoms with Crippen LogP contribution < -0.4 is 5.32 Å². The van der Waals surface area contributed by atoms with Crippen molar-refractivity contribution in [3.05, 3.63) is 22.2 Å². The quantitative estimate of drug-likeness (QED) is 0.526. The van der Waals surface area contributed by atoms with Crippen molar-refractivity contribution in [1.29, 1.82) is 0 Å². The number of aromatic nitrogens is 1. The van der Waals surface area contributed by atoms with Crippen LogP contribution in [0.4, 0.5) is 23.2 Å². The first-order chi connectivity index (χ1) is 8.24. The van der Waals surface area contributed by atoms with E-state index < -0.39 is 30.2 Å². The number of pyridine rings is 1. The maximum atomic E-state index is 13.2. The van der Waals surface area contributed by atoms with Crippen LogP contribution in [0.2, 0.25) is 0 Å². The van der Waals surface area contributed by atoms with E-state index in [2.05, 4.69) is 25.7 Å². The number of carbonyl (C=O) groups excluding carboxylic acids is 1. The number of halogens is 5. The maximum Gasteiger partial charge on any atom is 0.405 e. The summed E-state index contributed by atoms with van der Waals surface area (Å²) in [5.74, 6) is -1.87. The molecule has 0 fully saturated rings. The van der Waals surface area contributed by atoms with Crippen molar-refractivity contribution < 1.29 is 27.1 Å². The molecule has 0 amide bonds. The molecular weight excluding hydrogens is 324 g/mol. The van der Waals surface area contributed by atoms with Gasteiger partial charge in [0.05, 0.1) is 12.8 Å². The van der Waals surface area contributed by atoms with Crippen molar-refractivity contribution in [2.75, 3.05) is 19.0 Å². The van der Waals surface area contributed by atoms with Crippen molar-refractivity contribution >= 4 is 27.6 Å². The third-order valence-corrected chi connectivity index (χ3v) is 2.35. The second-order valence-electron chi connectivity index (χ2n) is 3.12. The summed E-state index contributed by atoms with van der Waals surface area (Å²) >= 11 is 2.72. The predicted octanol–water partition coefficient (Wildman–Crippen LogP) is 2.74. The van der Waals surface area contributed by atoms with Crippen LogP contribution in [0.15, 0.2) is 10.7 Å². The van der Waals surface area contributed by atoms with Crippen LogP contribution in [0, 0.1) is 5.82 Å². The summed E-state index contributed by atoms with van der Waals surface area (Å²) in [6.07, 6.45) is -4.50. The minimum atomic E-state index is -4.50. The molecule has 1 aromatic heterocycles. The van der Waals surface area contributed by atoms with Crippen molar-refractivity contribution in [2.45, 2.75) is 6.18 Å². The van der Waals surface area contributed by atoms with Gasteiger partial charge in [-0.15, -0.1) is 0 Å². The molecule has 0 aliphatic heterocycles. The Morgan fingerprint density at radius 1 is 1.56 bits per heavy atom. The molecule has 9 heteroatoms. The largest absolute Gasteiger partial charge is 0.464 e. The molecule has 0 aromatic carbocycles. The normalized spacial score (nSPS) is 11.2. The predicted molar refractivity (Wildman–Crippen MR) is 57.8 cm³/mol. The lowest BCUT2D eigenvalue weighted by Crippen LogP contribution is -2.23. The van der Waals surface area contributed by atoms with Crippen LogP contribution in [0.3, 0.4) is 0 Å².